The lowest BCUT2D eigenvalue weighted by Gasteiger charge is -2.12. The van der Waals surface area contributed by atoms with E-state index in [4.69, 9.17) is 0 Å². The van der Waals surface area contributed by atoms with Gasteiger partial charge in [-0.1, -0.05) is 30.0 Å². The fraction of sp³-hybridized carbons (Fsp3) is 0.143. The zero-order valence-electron chi connectivity index (χ0n) is 15.4. The summed E-state index contributed by atoms with van der Waals surface area (Å²) in [6.07, 6.45) is 0. The van der Waals surface area contributed by atoms with E-state index in [-0.39, 0.29) is 16.9 Å². The average Bonchev–Trinajstić information content (AvgIpc) is 3.11. The minimum Gasteiger partial charge on any atom is -0.325 e. The summed E-state index contributed by atoms with van der Waals surface area (Å²) in [7, 11) is 0. The molecule has 1 unspecified atom stereocenters. The van der Waals surface area contributed by atoms with Gasteiger partial charge in [0.15, 0.2) is 16.6 Å². The van der Waals surface area contributed by atoms with Crippen molar-refractivity contribution >= 4 is 45.7 Å². The standard InChI is InChI=1S/C21H18N4O2S/c1-13(26)15-7-10-17(11-8-15)22-20(27)14(2)28-21-24-23-19-12-9-16-5-3-4-6-18(16)25(19)21/h3-12,14H,1-2H3,(H,22,27). The van der Waals surface area contributed by atoms with E-state index in [0.717, 1.165) is 16.6 Å². The second-order valence-electron chi connectivity index (χ2n) is 6.45. The summed E-state index contributed by atoms with van der Waals surface area (Å²) in [6.45, 7) is 3.34. The molecule has 0 fully saturated rings. The molecule has 0 aliphatic heterocycles. The van der Waals surface area contributed by atoms with Crippen molar-refractivity contribution in [2.45, 2.75) is 24.3 Å². The van der Waals surface area contributed by atoms with Crippen LogP contribution in [0.25, 0.3) is 16.6 Å². The number of nitrogens with zero attached hydrogens (tertiary/aromatic N) is 3. The van der Waals surface area contributed by atoms with Crippen LogP contribution in [0.5, 0.6) is 0 Å². The normalized spacial score (nSPS) is 12.2. The summed E-state index contributed by atoms with van der Waals surface area (Å²) in [5.74, 6) is -0.148. The summed E-state index contributed by atoms with van der Waals surface area (Å²) in [5, 5.41) is 12.7. The number of anilines is 1. The largest absolute Gasteiger partial charge is 0.325 e. The number of Topliss-reactive ketones (excluding diaryl/α,β-unsaturated/α-hetero) is 1. The fourth-order valence-corrected chi connectivity index (χ4v) is 3.80. The molecule has 0 bridgehead atoms. The number of benzene rings is 2. The third kappa shape index (κ3) is 3.48. The number of hydrogen-bond acceptors (Lipinski definition) is 5. The molecule has 0 radical (unpaired) electrons. The molecule has 2 heterocycles. The molecule has 0 spiro atoms. The molecule has 1 amide bonds. The number of fused-ring (bicyclic) bond motifs is 3. The topological polar surface area (TPSA) is 76.4 Å². The van der Waals surface area contributed by atoms with Crippen LogP contribution in [0, 0.1) is 0 Å². The van der Waals surface area contributed by atoms with E-state index < -0.39 is 0 Å². The number of hydrogen-bond donors (Lipinski definition) is 1. The average molecular weight is 390 g/mol. The van der Waals surface area contributed by atoms with Gasteiger partial charge in [-0.2, -0.15) is 0 Å². The number of aromatic nitrogens is 3. The maximum absolute atomic E-state index is 12.6. The summed E-state index contributed by atoms with van der Waals surface area (Å²) >= 11 is 1.35. The third-order valence-electron chi connectivity index (χ3n) is 4.46. The highest BCUT2D eigenvalue weighted by molar-refractivity contribution is 8.00. The Hall–Kier alpha value is -3.19. The van der Waals surface area contributed by atoms with Gasteiger partial charge in [0.25, 0.3) is 0 Å². The Kier molecular flexibility index (Phi) is 4.83. The Morgan fingerprint density at radius 1 is 1.00 bits per heavy atom. The first kappa shape index (κ1) is 18.2. The lowest BCUT2D eigenvalue weighted by Crippen LogP contribution is -2.22. The number of pyridine rings is 1. The van der Waals surface area contributed by atoms with Crippen LogP contribution in [-0.2, 0) is 4.79 Å². The van der Waals surface area contributed by atoms with Gasteiger partial charge < -0.3 is 5.32 Å². The minimum absolute atomic E-state index is 0.00675. The maximum Gasteiger partial charge on any atom is 0.237 e. The smallest absolute Gasteiger partial charge is 0.237 e. The number of ketones is 1. The molecule has 4 rings (SSSR count). The molecular weight excluding hydrogens is 372 g/mol. The van der Waals surface area contributed by atoms with E-state index in [0.29, 0.717) is 16.4 Å². The summed E-state index contributed by atoms with van der Waals surface area (Å²) in [5.41, 5.74) is 3.01. The molecule has 0 aliphatic rings. The predicted molar refractivity (Wildman–Crippen MR) is 111 cm³/mol. The van der Waals surface area contributed by atoms with E-state index in [1.165, 1.54) is 18.7 Å². The Morgan fingerprint density at radius 3 is 2.50 bits per heavy atom. The number of rotatable bonds is 5. The van der Waals surface area contributed by atoms with Gasteiger partial charge in [-0.15, -0.1) is 10.2 Å². The molecule has 0 saturated heterocycles. The van der Waals surface area contributed by atoms with Crippen molar-refractivity contribution in [3.63, 3.8) is 0 Å². The Labute approximate surface area is 166 Å². The van der Waals surface area contributed by atoms with E-state index in [2.05, 4.69) is 15.5 Å². The number of nitrogens with one attached hydrogen (secondary N) is 1. The van der Waals surface area contributed by atoms with E-state index in [1.54, 1.807) is 24.3 Å². The quantitative estimate of drug-likeness (QED) is 0.408. The lowest BCUT2D eigenvalue weighted by atomic mass is 10.1. The summed E-state index contributed by atoms with van der Waals surface area (Å²) in [4.78, 5) is 24.0. The van der Waals surface area contributed by atoms with E-state index in [1.807, 2.05) is 47.7 Å². The van der Waals surface area contributed by atoms with Crippen LogP contribution in [0.15, 0.2) is 65.8 Å². The van der Waals surface area contributed by atoms with Gasteiger partial charge in [-0.3, -0.25) is 14.0 Å². The number of amides is 1. The van der Waals surface area contributed by atoms with Crippen LogP contribution < -0.4 is 5.32 Å². The van der Waals surface area contributed by atoms with Gasteiger partial charge in [0.05, 0.1) is 10.8 Å². The van der Waals surface area contributed by atoms with Gasteiger partial charge in [0.2, 0.25) is 5.91 Å². The van der Waals surface area contributed by atoms with Crippen molar-refractivity contribution in [1.29, 1.82) is 0 Å². The zero-order valence-corrected chi connectivity index (χ0v) is 16.2. The predicted octanol–water partition coefficient (Wildman–Crippen LogP) is 4.20. The third-order valence-corrected chi connectivity index (χ3v) is 5.50. The molecule has 140 valence electrons. The molecule has 28 heavy (non-hydrogen) atoms. The van der Waals surface area contributed by atoms with Crippen molar-refractivity contribution in [1.82, 2.24) is 14.6 Å². The van der Waals surface area contributed by atoms with Crippen molar-refractivity contribution in [3.05, 3.63) is 66.2 Å². The molecule has 0 saturated carbocycles. The summed E-state index contributed by atoms with van der Waals surface area (Å²) < 4.78 is 1.96. The number of carbonyl (C=O) groups is 2. The number of carbonyl (C=O) groups excluding carboxylic acids is 2. The lowest BCUT2D eigenvalue weighted by molar-refractivity contribution is -0.115. The van der Waals surface area contributed by atoms with E-state index >= 15 is 0 Å². The molecule has 4 aromatic rings. The van der Waals surface area contributed by atoms with Crippen molar-refractivity contribution in [2.75, 3.05) is 5.32 Å². The second kappa shape index (κ2) is 7.44. The van der Waals surface area contributed by atoms with Crippen molar-refractivity contribution in [2.24, 2.45) is 0 Å². The molecule has 2 aromatic carbocycles. The van der Waals surface area contributed by atoms with Crippen LogP contribution in [0.4, 0.5) is 5.69 Å². The van der Waals surface area contributed by atoms with Gasteiger partial charge >= 0.3 is 0 Å². The number of thioether (sulfide) groups is 1. The van der Waals surface area contributed by atoms with Gasteiger partial charge in [-0.25, -0.2) is 0 Å². The van der Waals surface area contributed by atoms with Gasteiger partial charge in [0, 0.05) is 11.3 Å². The molecule has 7 heteroatoms. The number of para-hydroxylation sites is 1. The molecule has 2 aromatic heterocycles. The minimum atomic E-state index is -0.376. The van der Waals surface area contributed by atoms with Crippen molar-refractivity contribution < 1.29 is 9.59 Å². The first-order valence-corrected chi connectivity index (χ1v) is 9.72. The van der Waals surface area contributed by atoms with Gasteiger partial charge in [-0.05, 0) is 61.7 Å². The Bertz CT molecular complexity index is 1180. The summed E-state index contributed by atoms with van der Waals surface area (Å²) in [6, 6.07) is 18.8. The Morgan fingerprint density at radius 2 is 1.75 bits per heavy atom. The molecule has 0 aliphatic carbocycles. The highest BCUT2D eigenvalue weighted by Gasteiger charge is 2.19. The Balaban J connectivity index is 1.54. The van der Waals surface area contributed by atoms with Gasteiger partial charge in [0.1, 0.15) is 0 Å². The fourth-order valence-electron chi connectivity index (χ4n) is 2.93. The highest BCUT2D eigenvalue weighted by atomic mass is 32.2. The van der Waals surface area contributed by atoms with Crippen LogP contribution >= 0.6 is 11.8 Å². The SMILES string of the molecule is CC(=O)c1ccc(NC(=O)C(C)Sc2nnc3ccc4ccccc4n23)cc1. The monoisotopic (exact) mass is 390 g/mol. The van der Waals surface area contributed by atoms with Crippen LogP contribution in [0.2, 0.25) is 0 Å². The molecular formula is C21H18N4O2S. The van der Waals surface area contributed by atoms with Crippen LogP contribution in [0.1, 0.15) is 24.2 Å². The van der Waals surface area contributed by atoms with Crippen LogP contribution in [-0.4, -0.2) is 31.5 Å². The van der Waals surface area contributed by atoms with Crippen LogP contribution in [0.3, 0.4) is 0 Å². The molecule has 6 nitrogen and oxygen atoms in total. The van der Waals surface area contributed by atoms with Crippen molar-refractivity contribution in [3.8, 4) is 0 Å². The molecule has 1 atom stereocenters. The highest BCUT2D eigenvalue weighted by Crippen LogP contribution is 2.26. The first-order valence-electron chi connectivity index (χ1n) is 8.84. The first-order chi connectivity index (χ1) is 13.5. The van der Waals surface area contributed by atoms with E-state index in [9.17, 15) is 9.59 Å². The zero-order chi connectivity index (χ0) is 19.7. The second-order valence-corrected chi connectivity index (χ2v) is 7.76. The maximum atomic E-state index is 12.6. The molecule has 1 N–H and O–H groups in total.